The summed E-state index contributed by atoms with van der Waals surface area (Å²) in [5, 5.41) is 11.6. The number of rotatable bonds is 4. The molecule has 2 aromatic heterocycles. The number of amides is 4. The zero-order chi connectivity index (χ0) is 18.3. The van der Waals surface area contributed by atoms with Gasteiger partial charge >= 0.3 is 6.03 Å². The standard InChI is InChI=1S/C16H18N6O3S/c1-21-14(18-12(20-21)10-5-4-8-26-10)17-11(23)9-22-13(24)16(19-15(22)25)6-2-3-7-16/h4-5,8H,2-3,6-7,9H2,1H3,(H,19,25)(H,17,18,20,23). The predicted molar refractivity (Wildman–Crippen MR) is 94.4 cm³/mol. The van der Waals surface area contributed by atoms with E-state index in [0.717, 1.165) is 22.6 Å². The van der Waals surface area contributed by atoms with Crippen molar-refractivity contribution in [1.29, 1.82) is 0 Å². The number of hydrogen-bond donors (Lipinski definition) is 2. The van der Waals surface area contributed by atoms with Crippen molar-refractivity contribution in [2.24, 2.45) is 7.05 Å². The highest BCUT2D eigenvalue weighted by Crippen LogP contribution is 2.34. The quantitative estimate of drug-likeness (QED) is 0.785. The Morgan fingerprint density at radius 2 is 2.15 bits per heavy atom. The number of aryl methyl sites for hydroxylation is 1. The number of urea groups is 1. The van der Waals surface area contributed by atoms with Gasteiger partial charge in [-0.1, -0.05) is 18.9 Å². The van der Waals surface area contributed by atoms with E-state index >= 15 is 0 Å². The first-order valence-corrected chi connectivity index (χ1v) is 9.25. The molecule has 1 aliphatic carbocycles. The van der Waals surface area contributed by atoms with Crippen LogP contribution >= 0.6 is 11.3 Å². The highest BCUT2D eigenvalue weighted by atomic mass is 32.1. The number of anilines is 1. The molecule has 1 saturated heterocycles. The maximum Gasteiger partial charge on any atom is 0.325 e. The molecule has 4 rings (SSSR count). The largest absolute Gasteiger partial charge is 0.325 e. The minimum atomic E-state index is -0.811. The van der Waals surface area contributed by atoms with Crippen molar-refractivity contribution in [2.75, 3.05) is 11.9 Å². The van der Waals surface area contributed by atoms with E-state index < -0.39 is 17.5 Å². The number of carbonyl (C=O) groups excluding carboxylic acids is 3. The van der Waals surface area contributed by atoms with E-state index in [1.54, 1.807) is 7.05 Å². The molecule has 2 fully saturated rings. The van der Waals surface area contributed by atoms with Crippen LogP contribution in [0.25, 0.3) is 10.7 Å². The van der Waals surface area contributed by atoms with Gasteiger partial charge in [-0.3, -0.25) is 19.8 Å². The summed E-state index contributed by atoms with van der Waals surface area (Å²) in [6.45, 7) is -0.340. The number of nitrogens with one attached hydrogen (secondary N) is 2. The minimum Gasteiger partial charge on any atom is -0.323 e. The van der Waals surface area contributed by atoms with Crippen LogP contribution in [0.3, 0.4) is 0 Å². The Morgan fingerprint density at radius 1 is 1.38 bits per heavy atom. The lowest BCUT2D eigenvalue weighted by Gasteiger charge is -2.19. The van der Waals surface area contributed by atoms with Gasteiger partial charge in [-0.05, 0) is 24.3 Å². The molecule has 0 atom stereocenters. The summed E-state index contributed by atoms with van der Waals surface area (Å²) in [4.78, 5) is 43.2. The van der Waals surface area contributed by atoms with E-state index in [0.29, 0.717) is 18.7 Å². The van der Waals surface area contributed by atoms with Crippen molar-refractivity contribution < 1.29 is 14.4 Å². The number of nitrogens with zero attached hydrogens (tertiary/aromatic N) is 4. The second-order valence-electron chi connectivity index (χ2n) is 6.52. The molecule has 26 heavy (non-hydrogen) atoms. The van der Waals surface area contributed by atoms with E-state index in [-0.39, 0.29) is 18.4 Å². The van der Waals surface area contributed by atoms with Crippen LogP contribution in [0.2, 0.25) is 0 Å². The number of thiophene rings is 1. The highest BCUT2D eigenvalue weighted by Gasteiger charge is 2.52. The number of aromatic nitrogens is 3. The van der Waals surface area contributed by atoms with Gasteiger partial charge < -0.3 is 5.32 Å². The van der Waals surface area contributed by atoms with Crippen molar-refractivity contribution in [3.05, 3.63) is 17.5 Å². The lowest BCUT2D eigenvalue weighted by molar-refractivity contribution is -0.133. The lowest BCUT2D eigenvalue weighted by Crippen LogP contribution is -2.44. The molecule has 0 unspecified atom stereocenters. The van der Waals surface area contributed by atoms with Crippen LogP contribution in [0, 0.1) is 0 Å². The average Bonchev–Trinajstić information content (AvgIpc) is 3.36. The highest BCUT2D eigenvalue weighted by molar-refractivity contribution is 7.13. The van der Waals surface area contributed by atoms with Gasteiger partial charge in [0.15, 0.2) is 5.82 Å². The number of imide groups is 1. The smallest absolute Gasteiger partial charge is 0.323 e. The Labute approximate surface area is 153 Å². The first-order chi connectivity index (χ1) is 12.5. The van der Waals surface area contributed by atoms with Crippen LogP contribution < -0.4 is 10.6 Å². The van der Waals surface area contributed by atoms with Crippen molar-refractivity contribution in [2.45, 2.75) is 31.2 Å². The maximum absolute atomic E-state index is 12.6. The normalized spacial score (nSPS) is 18.6. The first kappa shape index (κ1) is 16.7. The van der Waals surface area contributed by atoms with Gasteiger partial charge in [0, 0.05) is 7.05 Å². The third-order valence-electron chi connectivity index (χ3n) is 4.76. The minimum absolute atomic E-state index is 0.265. The Hall–Kier alpha value is -2.75. The summed E-state index contributed by atoms with van der Waals surface area (Å²) in [5.74, 6) is -0.0251. The van der Waals surface area contributed by atoms with Gasteiger partial charge in [0.05, 0.1) is 4.88 Å². The van der Waals surface area contributed by atoms with Crippen LogP contribution in [-0.4, -0.2) is 49.6 Å². The van der Waals surface area contributed by atoms with Crippen LogP contribution in [-0.2, 0) is 16.6 Å². The number of hydrogen-bond acceptors (Lipinski definition) is 6. The Balaban J connectivity index is 1.45. The van der Waals surface area contributed by atoms with E-state index in [1.165, 1.54) is 16.0 Å². The Kier molecular flexibility index (Phi) is 3.98. The van der Waals surface area contributed by atoms with E-state index in [9.17, 15) is 14.4 Å². The topological polar surface area (TPSA) is 109 Å². The summed E-state index contributed by atoms with van der Waals surface area (Å²) in [6.07, 6.45) is 3.05. The molecular weight excluding hydrogens is 356 g/mol. The van der Waals surface area contributed by atoms with Gasteiger partial charge in [-0.25, -0.2) is 9.48 Å². The summed E-state index contributed by atoms with van der Waals surface area (Å²) in [6, 6.07) is 3.27. The molecule has 9 nitrogen and oxygen atoms in total. The Morgan fingerprint density at radius 3 is 2.85 bits per heavy atom. The number of carbonyl (C=O) groups is 3. The fraction of sp³-hybridized carbons (Fsp3) is 0.438. The van der Waals surface area contributed by atoms with Crippen molar-refractivity contribution in [1.82, 2.24) is 25.0 Å². The fourth-order valence-electron chi connectivity index (χ4n) is 3.45. The van der Waals surface area contributed by atoms with Crippen molar-refractivity contribution in [3.63, 3.8) is 0 Å². The molecular formula is C16H18N6O3S. The first-order valence-electron chi connectivity index (χ1n) is 8.37. The molecule has 0 bridgehead atoms. The molecule has 0 aromatic carbocycles. The fourth-order valence-corrected chi connectivity index (χ4v) is 4.10. The molecule has 10 heteroatoms. The second-order valence-corrected chi connectivity index (χ2v) is 7.47. The summed E-state index contributed by atoms with van der Waals surface area (Å²) >= 11 is 1.50. The predicted octanol–water partition coefficient (Wildman–Crippen LogP) is 1.35. The average molecular weight is 374 g/mol. The maximum atomic E-state index is 12.6. The van der Waals surface area contributed by atoms with Gasteiger partial charge in [-0.15, -0.1) is 16.4 Å². The third-order valence-corrected chi connectivity index (χ3v) is 5.63. The molecule has 1 aliphatic heterocycles. The van der Waals surface area contributed by atoms with Crippen molar-refractivity contribution >= 4 is 35.1 Å². The van der Waals surface area contributed by atoms with Crippen LogP contribution in [0.4, 0.5) is 10.7 Å². The van der Waals surface area contributed by atoms with Crippen LogP contribution in [0.1, 0.15) is 25.7 Å². The van der Waals surface area contributed by atoms with Gasteiger partial charge in [0.1, 0.15) is 12.1 Å². The molecule has 1 spiro atoms. The zero-order valence-electron chi connectivity index (χ0n) is 14.2. The molecule has 0 radical (unpaired) electrons. The second kappa shape index (κ2) is 6.20. The lowest BCUT2D eigenvalue weighted by atomic mass is 9.98. The Bertz CT molecular complexity index is 869. The van der Waals surface area contributed by atoms with Crippen LogP contribution in [0.15, 0.2) is 17.5 Å². The van der Waals surface area contributed by atoms with E-state index in [2.05, 4.69) is 20.7 Å². The zero-order valence-corrected chi connectivity index (χ0v) is 15.0. The van der Waals surface area contributed by atoms with Gasteiger partial charge in [0.25, 0.3) is 5.91 Å². The molecule has 2 aliphatic rings. The molecule has 136 valence electrons. The molecule has 2 aromatic rings. The van der Waals surface area contributed by atoms with Gasteiger partial charge in [0.2, 0.25) is 11.9 Å². The van der Waals surface area contributed by atoms with Crippen molar-refractivity contribution in [3.8, 4) is 10.7 Å². The van der Waals surface area contributed by atoms with E-state index in [1.807, 2.05) is 17.5 Å². The summed E-state index contributed by atoms with van der Waals surface area (Å²) < 4.78 is 1.46. The van der Waals surface area contributed by atoms with Crippen LogP contribution in [0.5, 0.6) is 0 Å². The molecule has 2 N–H and O–H groups in total. The van der Waals surface area contributed by atoms with Gasteiger partial charge in [-0.2, -0.15) is 4.98 Å². The molecule has 3 heterocycles. The molecule has 4 amide bonds. The molecule has 1 saturated carbocycles. The SMILES string of the molecule is Cn1nc(-c2cccs2)nc1NC(=O)CN1C(=O)NC2(CCCC2)C1=O. The third kappa shape index (κ3) is 2.75. The summed E-state index contributed by atoms with van der Waals surface area (Å²) in [5.41, 5.74) is -0.811. The van der Waals surface area contributed by atoms with E-state index in [4.69, 9.17) is 0 Å². The monoisotopic (exact) mass is 374 g/mol. The summed E-state index contributed by atoms with van der Waals surface area (Å²) in [7, 11) is 1.67.